The molecule has 6 nitrogen and oxygen atoms in total. The molecule has 0 spiro atoms. The third-order valence-corrected chi connectivity index (χ3v) is 3.53. The molecule has 0 N–H and O–H groups in total. The van der Waals surface area contributed by atoms with Gasteiger partial charge in [-0.1, -0.05) is 34.5 Å². The van der Waals surface area contributed by atoms with Crippen LogP contribution < -0.4 is 4.74 Å². The first-order valence-electron chi connectivity index (χ1n) is 4.71. The van der Waals surface area contributed by atoms with Crippen LogP contribution >= 0.6 is 46.1 Å². The van der Waals surface area contributed by atoms with Gasteiger partial charge in [0, 0.05) is 12.1 Å². The molecule has 1 heterocycles. The van der Waals surface area contributed by atoms with Crippen LogP contribution in [0.4, 0.5) is 5.69 Å². The summed E-state index contributed by atoms with van der Waals surface area (Å²) in [6.07, 6.45) is 0. The van der Waals surface area contributed by atoms with Gasteiger partial charge in [-0.2, -0.15) is 0 Å². The number of nitro benzene ring substituents is 1. The van der Waals surface area contributed by atoms with Crippen LogP contribution in [0.3, 0.4) is 0 Å². The van der Waals surface area contributed by atoms with E-state index < -0.39 is 4.92 Å². The lowest BCUT2D eigenvalue weighted by Gasteiger charge is -2.07. The lowest BCUT2D eigenvalue weighted by atomic mass is 10.3. The number of benzene rings is 1. The molecule has 0 aliphatic rings. The SMILES string of the molecule is O=[N+]([O-])c1cc(Cl)c(OCc2nnc(Cl)s2)c(Cl)c1. The normalized spacial score (nSPS) is 10.5. The van der Waals surface area contributed by atoms with E-state index in [-0.39, 0.29) is 28.1 Å². The van der Waals surface area contributed by atoms with E-state index in [0.717, 1.165) is 23.5 Å². The smallest absolute Gasteiger partial charge is 0.272 e. The van der Waals surface area contributed by atoms with E-state index in [1.807, 2.05) is 0 Å². The molecular weight excluding hydrogens is 337 g/mol. The fraction of sp³-hybridized carbons (Fsp3) is 0.111. The van der Waals surface area contributed by atoms with Gasteiger partial charge in [0.05, 0.1) is 15.0 Å². The molecular formula is C9H4Cl3N3O3S. The second kappa shape index (κ2) is 5.87. The molecule has 0 amide bonds. The fourth-order valence-electron chi connectivity index (χ4n) is 1.22. The zero-order valence-corrected chi connectivity index (χ0v) is 12.1. The average Bonchev–Trinajstić information content (AvgIpc) is 2.73. The third kappa shape index (κ3) is 3.44. The number of nitrogens with zero attached hydrogens (tertiary/aromatic N) is 3. The summed E-state index contributed by atoms with van der Waals surface area (Å²) in [6.45, 7) is 0.0711. The molecule has 0 saturated heterocycles. The molecule has 0 aliphatic heterocycles. The van der Waals surface area contributed by atoms with Crippen LogP contribution in [0.1, 0.15) is 5.01 Å². The van der Waals surface area contributed by atoms with E-state index in [9.17, 15) is 10.1 Å². The predicted octanol–water partition coefficient (Wildman–Crippen LogP) is 3.99. The van der Waals surface area contributed by atoms with Crippen molar-refractivity contribution in [3.63, 3.8) is 0 Å². The highest BCUT2D eigenvalue weighted by Gasteiger charge is 2.16. The Kier molecular flexibility index (Phi) is 4.41. The van der Waals surface area contributed by atoms with Gasteiger partial charge in [0.15, 0.2) is 10.8 Å². The van der Waals surface area contributed by atoms with Gasteiger partial charge in [-0.25, -0.2) is 0 Å². The third-order valence-electron chi connectivity index (χ3n) is 1.98. The summed E-state index contributed by atoms with van der Waals surface area (Å²) in [5, 5.41) is 18.6. The van der Waals surface area contributed by atoms with Crippen molar-refractivity contribution in [2.24, 2.45) is 0 Å². The average molecular weight is 341 g/mol. The summed E-state index contributed by atoms with van der Waals surface area (Å²) in [4.78, 5) is 10.0. The minimum Gasteiger partial charge on any atom is -0.483 e. The fourth-order valence-corrected chi connectivity index (χ4v) is 2.58. The standard InChI is InChI=1S/C9H4Cl3N3O3S/c10-5-1-4(15(16)17)2-6(11)8(5)18-3-7-13-14-9(12)19-7/h1-2H,3H2. The van der Waals surface area contributed by atoms with Gasteiger partial charge in [-0.3, -0.25) is 10.1 Å². The van der Waals surface area contributed by atoms with E-state index in [1.54, 1.807) is 0 Å². The molecule has 2 rings (SSSR count). The van der Waals surface area contributed by atoms with Gasteiger partial charge in [0.1, 0.15) is 6.61 Å². The molecule has 1 aromatic heterocycles. The molecule has 0 saturated carbocycles. The first-order chi connectivity index (χ1) is 8.97. The Labute approximate surface area is 126 Å². The highest BCUT2D eigenvalue weighted by Crippen LogP contribution is 2.37. The van der Waals surface area contributed by atoms with Gasteiger partial charge in [-0.15, -0.1) is 10.2 Å². The zero-order chi connectivity index (χ0) is 14.0. The van der Waals surface area contributed by atoms with E-state index in [4.69, 9.17) is 39.5 Å². The maximum atomic E-state index is 10.6. The Morgan fingerprint density at radius 2 is 1.89 bits per heavy atom. The van der Waals surface area contributed by atoms with Crippen LogP contribution in [-0.2, 0) is 6.61 Å². The molecule has 100 valence electrons. The predicted molar refractivity (Wildman–Crippen MR) is 72.4 cm³/mol. The van der Waals surface area contributed by atoms with Crippen LogP contribution in [0.15, 0.2) is 12.1 Å². The molecule has 10 heteroatoms. The van der Waals surface area contributed by atoms with Crippen molar-refractivity contribution in [3.05, 3.63) is 41.8 Å². The molecule has 2 aromatic rings. The van der Waals surface area contributed by atoms with Crippen molar-refractivity contribution in [1.29, 1.82) is 0 Å². The Morgan fingerprint density at radius 1 is 1.26 bits per heavy atom. The lowest BCUT2D eigenvalue weighted by Crippen LogP contribution is -1.97. The van der Waals surface area contributed by atoms with E-state index in [2.05, 4.69) is 10.2 Å². The van der Waals surface area contributed by atoms with Gasteiger partial charge in [0.25, 0.3) is 5.69 Å². The second-order valence-corrected chi connectivity index (χ2v) is 5.69. The number of ether oxygens (including phenoxy) is 1. The van der Waals surface area contributed by atoms with Gasteiger partial charge in [0.2, 0.25) is 4.47 Å². The number of hydrogen-bond donors (Lipinski definition) is 0. The number of rotatable bonds is 4. The molecule has 0 fully saturated rings. The van der Waals surface area contributed by atoms with Crippen molar-refractivity contribution < 1.29 is 9.66 Å². The summed E-state index contributed by atoms with van der Waals surface area (Å²) in [7, 11) is 0. The maximum absolute atomic E-state index is 10.6. The highest BCUT2D eigenvalue weighted by molar-refractivity contribution is 7.15. The molecule has 1 aromatic carbocycles. The molecule has 0 bridgehead atoms. The van der Waals surface area contributed by atoms with E-state index >= 15 is 0 Å². The summed E-state index contributed by atoms with van der Waals surface area (Å²) < 4.78 is 5.66. The Hall–Kier alpha value is -1.15. The molecule has 0 unspecified atom stereocenters. The summed E-state index contributed by atoms with van der Waals surface area (Å²) in [5.74, 6) is 0.153. The number of hydrogen-bond acceptors (Lipinski definition) is 6. The molecule has 19 heavy (non-hydrogen) atoms. The monoisotopic (exact) mass is 339 g/mol. The topological polar surface area (TPSA) is 78.2 Å². The highest BCUT2D eigenvalue weighted by atomic mass is 35.5. The quantitative estimate of drug-likeness (QED) is 0.621. The first kappa shape index (κ1) is 14.3. The largest absolute Gasteiger partial charge is 0.483 e. The van der Waals surface area contributed by atoms with Crippen molar-refractivity contribution in [2.45, 2.75) is 6.61 Å². The number of non-ortho nitro benzene ring substituents is 1. The zero-order valence-electron chi connectivity index (χ0n) is 8.97. The molecule has 0 radical (unpaired) electrons. The summed E-state index contributed by atoms with van der Waals surface area (Å²) >= 11 is 18.5. The maximum Gasteiger partial charge on any atom is 0.272 e. The van der Waals surface area contributed by atoms with Crippen molar-refractivity contribution in [3.8, 4) is 5.75 Å². The van der Waals surface area contributed by atoms with Gasteiger partial charge < -0.3 is 4.74 Å². The Morgan fingerprint density at radius 3 is 2.37 bits per heavy atom. The van der Waals surface area contributed by atoms with Crippen LogP contribution in [0.5, 0.6) is 5.75 Å². The van der Waals surface area contributed by atoms with Crippen LogP contribution in [0, 0.1) is 10.1 Å². The molecule has 0 atom stereocenters. The van der Waals surface area contributed by atoms with Crippen LogP contribution in [-0.4, -0.2) is 15.1 Å². The van der Waals surface area contributed by atoms with Crippen LogP contribution in [0.25, 0.3) is 0 Å². The first-order valence-corrected chi connectivity index (χ1v) is 6.66. The second-order valence-electron chi connectivity index (χ2n) is 3.23. The number of halogens is 3. The van der Waals surface area contributed by atoms with Crippen LogP contribution in [0.2, 0.25) is 14.5 Å². The van der Waals surface area contributed by atoms with E-state index in [1.165, 1.54) is 0 Å². The van der Waals surface area contributed by atoms with E-state index in [0.29, 0.717) is 9.47 Å². The van der Waals surface area contributed by atoms with Crippen molar-refractivity contribution in [1.82, 2.24) is 10.2 Å². The lowest BCUT2D eigenvalue weighted by molar-refractivity contribution is -0.384. The summed E-state index contributed by atoms with van der Waals surface area (Å²) in [6, 6.07) is 2.33. The minimum atomic E-state index is -0.591. The summed E-state index contributed by atoms with van der Waals surface area (Å²) in [5.41, 5.74) is -0.207. The van der Waals surface area contributed by atoms with Crippen molar-refractivity contribution >= 4 is 51.8 Å². The van der Waals surface area contributed by atoms with Gasteiger partial charge in [-0.05, 0) is 11.6 Å². The minimum absolute atomic E-state index is 0.0508. The van der Waals surface area contributed by atoms with Gasteiger partial charge >= 0.3 is 0 Å². The van der Waals surface area contributed by atoms with Crippen molar-refractivity contribution in [2.75, 3.05) is 0 Å². The molecule has 0 aliphatic carbocycles. The Bertz CT molecular complexity index is 611. The Balaban J connectivity index is 2.18. The number of aromatic nitrogens is 2. The number of nitro groups is 1.